The minimum Gasteiger partial charge on any atom is -0.306 e. The Morgan fingerprint density at radius 3 is 2.83 bits per heavy atom. The number of carbonyl (C=O) groups excluding carboxylic acids is 1. The average Bonchev–Trinajstić information content (AvgIpc) is 2.87. The number of hydrogen-bond acceptors (Lipinski definition) is 4. The molecule has 114 valence electrons. The Labute approximate surface area is 132 Å². The van der Waals surface area contributed by atoms with Gasteiger partial charge in [-0.25, -0.2) is 9.50 Å². The first kappa shape index (κ1) is 13.5. The number of aromatic nitrogens is 3. The van der Waals surface area contributed by atoms with E-state index in [2.05, 4.69) is 22.8 Å². The summed E-state index contributed by atoms with van der Waals surface area (Å²) in [4.78, 5) is 16.6. The Kier molecular flexibility index (Phi) is 3.08. The van der Waals surface area contributed by atoms with Crippen LogP contribution in [0.5, 0.6) is 0 Å². The molecule has 0 atom stereocenters. The molecule has 3 aromatic rings. The van der Waals surface area contributed by atoms with Crippen LogP contribution in [-0.2, 0) is 6.42 Å². The highest BCUT2D eigenvalue weighted by Crippen LogP contribution is 2.29. The van der Waals surface area contributed by atoms with Gasteiger partial charge in [0.1, 0.15) is 0 Å². The molecule has 3 heterocycles. The predicted molar refractivity (Wildman–Crippen MR) is 87.4 cm³/mol. The lowest BCUT2D eigenvalue weighted by Crippen LogP contribution is -2.32. The molecule has 6 nitrogen and oxygen atoms in total. The van der Waals surface area contributed by atoms with E-state index in [0.29, 0.717) is 5.56 Å². The summed E-state index contributed by atoms with van der Waals surface area (Å²) in [6.07, 6.45) is 5.89. The van der Waals surface area contributed by atoms with Gasteiger partial charge in [-0.05, 0) is 18.1 Å². The Balaban J connectivity index is 2.06. The van der Waals surface area contributed by atoms with E-state index < -0.39 is 0 Å². The number of hydrazine groups is 1. The summed E-state index contributed by atoms with van der Waals surface area (Å²) < 4.78 is 1.75. The molecule has 0 spiro atoms. The number of fused-ring (bicyclic) bond motifs is 3. The third-order valence-corrected chi connectivity index (χ3v) is 3.91. The van der Waals surface area contributed by atoms with Crippen molar-refractivity contribution in [2.75, 3.05) is 0 Å². The maximum absolute atomic E-state index is 12.1. The van der Waals surface area contributed by atoms with Gasteiger partial charge < -0.3 is 5.43 Å². The molecule has 0 bridgehead atoms. The van der Waals surface area contributed by atoms with E-state index in [0.717, 1.165) is 34.6 Å². The summed E-state index contributed by atoms with van der Waals surface area (Å²) in [6.45, 7) is 2.07. The lowest BCUT2D eigenvalue weighted by atomic mass is 10.0. The molecule has 2 aromatic heterocycles. The first-order chi connectivity index (χ1) is 11.3. The fourth-order valence-corrected chi connectivity index (χ4v) is 2.82. The second kappa shape index (κ2) is 5.24. The number of aryl methyl sites for hydroxylation is 1. The van der Waals surface area contributed by atoms with Crippen molar-refractivity contribution in [3.05, 3.63) is 59.7 Å². The standard InChI is InChI=1S/C17H15N5O/c1-2-13-15(11-6-4-3-5-7-11)16-18-10-12-14(22(16)21-13)8-9-19-20-17(12)23/h3-10,19H,2H2,1H3,(H,20,23). The highest BCUT2D eigenvalue weighted by atomic mass is 16.2. The maximum atomic E-state index is 12.1. The molecule has 0 saturated carbocycles. The van der Waals surface area contributed by atoms with Crippen LogP contribution >= 0.6 is 0 Å². The van der Waals surface area contributed by atoms with E-state index in [1.54, 1.807) is 16.9 Å². The first-order valence-corrected chi connectivity index (χ1v) is 7.48. The van der Waals surface area contributed by atoms with Crippen molar-refractivity contribution >= 4 is 17.6 Å². The summed E-state index contributed by atoms with van der Waals surface area (Å²) >= 11 is 0. The molecule has 1 amide bonds. The molecule has 4 rings (SSSR count). The third kappa shape index (κ3) is 2.07. The van der Waals surface area contributed by atoms with E-state index in [-0.39, 0.29) is 5.91 Å². The van der Waals surface area contributed by atoms with Gasteiger partial charge in [0.25, 0.3) is 5.91 Å². The summed E-state index contributed by atoms with van der Waals surface area (Å²) in [5.41, 5.74) is 10.3. The van der Waals surface area contributed by atoms with Crippen LogP contribution in [0.15, 0.2) is 42.7 Å². The summed E-state index contributed by atoms with van der Waals surface area (Å²) in [7, 11) is 0. The molecule has 0 unspecified atom stereocenters. The summed E-state index contributed by atoms with van der Waals surface area (Å²) in [5, 5.41) is 4.69. The Morgan fingerprint density at radius 2 is 2.04 bits per heavy atom. The van der Waals surface area contributed by atoms with Crippen LogP contribution in [0.2, 0.25) is 0 Å². The Hall–Kier alpha value is -3.15. The number of carbonyl (C=O) groups is 1. The number of nitrogens with zero attached hydrogens (tertiary/aromatic N) is 3. The summed E-state index contributed by atoms with van der Waals surface area (Å²) in [5.74, 6) is -0.228. The van der Waals surface area contributed by atoms with Crippen LogP contribution < -0.4 is 10.9 Å². The van der Waals surface area contributed by atoms with Crippen LogP contribution in [0.1, 0.15) is 28.7 Å². The predicted octanol–water partition coefficient (Wildman–Crippen LogP) is 2.18. The third-order valence-electron chi connectivity index (χ3n) is 3.91. The number of rotatable bonds is 2. The topological polar surface area (TPSA) is 71.3 Å². The molecule has 6 heteroatoms. The molecule has 0 saturated heterocycles. The van der Waals surface area contributed by atoms with E-state index in [9.17, 15) is 4.79 Å². The molecule has 0 radical (unpaired) electrons. The van der Waals surface area contributed by atoms with Crippen molar-refractivity contribution in [3.8, 4) is 11.1 Å². The molecule has 2 N–H and O–H groups in total. The van der Waals surface area contributed by atoms with Gasteiger partial charge in [-0.2, -0.15) is 5.10 Å². The molecule has 0 fully saturated rings. The maximum Gasteiger partial charge on any atom is 0.273 e. The van der Waals surface area contributed by atoms with Gasteiger partial charge in [0.05, 0.1) is 17.0 Å². The average molecular weight is 305 g/mol. The molecule has 1 aromatic carbocycles. The smallest absolute Gasteiger partial charge is 0.273 e. The van der Waals surface area contributed by atoms with Gasteiger partial charge in [0.15, 0.2) is 5.65 Å². The highest BCUT2D eigenvalue weighted by Gasteiger charge is 2.21. The van der Waals surface area contributed by atoms with Crippen molar-refractivity contribution < 1.29 is 4.79 Å². The minimum absolute atomic E-state index is 0.228. The van der Waals surface area contributed by atoms with Crippen LogP contribution in [0.4, 0.5) is 0 Å². The van der Waals surface area contributed by atoms with E-state index in [4.69, 9.17) is 5.10 Å². The Morgan fingerprint density at radius 1 is 1.22 bits per heavy atom. The van der Waals surface area contributed by atoms with Crippen molar-refractivity contribution in [1.82, 2.24) is 25.4 Å². The lowest BCUT2D eigenvalue weighted by Gasteiger charge is -2.05. The van der Waals surface area contributed by atoms with Gasteiger partial charge in [0, 0.05) is 18.0 Å². The van der Waals surface area contributed by atoms with Crippen LogP contribution in [0, 0.1) is 0 Å². The second-order valence-electron chi connectivity index (χ2n) is 5.27. The monoisotopic (exact) mass is 305 g/mol. The van der Waals surface area contributed by atoms with Crippen LogP contribution in [0.25, 0.3) is 22.9 Å². The number of benzene rings is 1. The van der Waals surface area contributed by atoms with Crippen molar-refractivity contribution in [3.63, 3.8) is 0 Å². The highest BCUT2D eigenvalue weighted by molar-refractivity contribution is 5.98. The fourth-order valence-electron chi connectivity index (χ4n) is 2.82. The normalized spacial score (nSPS) is 13.3. The minimum atomic E-state index is -0.228. The molecular formula is C17H15N5O. The lowest BCUT2D eigenvalue weighted by molar-refractivity contribution is 0.0941. The SMILES string of the molecule is CCc1nn2c3c(cnc2c1-c1ccccc1)C(=O)NNC=C3. The van der Waals surface area contributed by atoms with Gasteiger partial charge in [-0.1, -0.05) is 37.3 Å². The van der Waals surface area contributed by atoms with E-state index in [1.165, 1.54) is 0 Å². The number of amides is 1. The zero-order valence-electron chi connectivity index (χ0n) is 12.6. The Bertz CT molecular complexity index is 927. The van der Waals surface area contributed by atoms with Crippen LogP contribution in [0.3, 0.4) is 0 Å². The van der Waals surface area contributed by atoms with Crippen LogP contribution in [-0.4, -0.2) is 20.5 Å². The van der Waals surface area contributed by atoms with Gasteiger partial charge in [-0.3, -0.25) is 10.2 Å². The zero-order valence-corrected chi connectivity index (χ0v) is 12.6. The van der Waals surface area contributed by atoms with Gasteiger partial charge >= 0.3 is 0 Å². The molecular weight excluding hydrogens is 290 g/mol. The fraction of sp³-hybridized carbons (Fsp3) is 0.118. The molecule has 1 aliphatic rings. The molecule has 1 aliphatic heterocycles. The van der Waals surface area contributed by atoms with E-state index >= 15 is 0 Å². The quantitative estimate of drug-likeness (QED) is 0.761. The van der Waals surface area contributed by atoms with Gasteiger partial charge in [0.2, 0.25) is 0 Å². The van der Waals surface area contributed by atoms with Crippen molar-refractivity contribution in [2.45, 2.75) is 13.3 Å². The number of nitrogens with one attached hydrogen (secondary N) is 2. The van der Waals surface area contributed by atoms with E-state index in [1.807, 2.05) is 36.4 Å². The first-order valence-electron chi connectivity index (χ1n) is 7.48. The number of hydrogen-bond donors (Lipinski definition) is 2. The molecule has 0 aliphatic carbocycles. The van der Waals surface area contributed by atoms with Crippen molar-refractivity contribution in [2.24, 2.45) is 0 Å². The van der Waals surface area contributed by atoms with Gasteiger partial charge in [-0.15, -0.1) is 0 Å². The largest absolute Gasteiger partial charge is 0.306 e. The molecule has 23 heavy (non-hydrogen) atoms. The second-order valence-corrected chi connectivity index (χ2v) is 5.27. The zero-order chi connectivity index (χ0) is 15.8. The summed E-state index contributed by atoms with van der Waals surface area (Å²) in [6, 6.07) is 10.1. The van der Waals surface area contributed by atoms with Crippen molar-refractivity contribution in [1.29, 1.82) is 0 Å².